The smallest absolute Gasteiger partial charge is 0.338 e. The number of aliphatic hydroxyl groups excluding tert-OH is 1. The van der Waals surface area contributed by atoms with Crippen molar-refractivity contribution in [2.45, 2.75) is 211 Å². The summed E-state index contributed by atoms with van der Waals surface area (Å²) >= 11 is 0. The van der Waals surface area contributed by atoms with E-state index in [4.69, 9.17) is 37.9 Å². The predicted molar refractivity (Wildman–Crippen MR) is 432 cm³/mol. The molecule has 8 aromatic carbocycles. The van der Waals surface area contributed by atoms with Gasteiger partial charge in [-0.1, -0.05) is 229 Å². The van der Waals surface area contributed by atoms with Crippen molar-refractivity contribution in [3.8, 4) is 0 Å². The summed E-state index contributed by atoms with van der Waals surface area (Å²) < 4.78 is 45.6. The Bertz CT molecular complexity index is 4100. The summed E-state index contributed by atoms with van der Waals surface area (Å²) in [5, 5.41) is 18.8. The number of rotatable bonds is 24. The molecule has 0 radical (unpaired) electrons. The molecule has 0 fully saturated rings. The summed E-state index contributed by atoms with van der Waals surface area (Å²) in [6.45, 7) is 40.5. The van der Waals surface area contributed by atoms with Gasteiger partial charge in [-0.25, -0.2) is 38.4 Å². The largest absolute Gasteiger partial charge is 0.455 e. The van der Waals surface area contributed by atoms with Crippen molar-refractivity contribution < 1.29 is 86.5 Å². The number of esters is 8. The van der Waals surface area contributed by atoms with Crippen molar-refractivity contribution in [3.63, 3.8) is 0 Å². The van der Waals surface area contributed by atoms with E-state index in [1.165, 1.54) is 0 Å². The Morgan fingerprint density at radius 3 is 0.793 bits per heavy atom. The summed E-state index contributed by atoms with van der Waals surface area (Å²) in [6.07, 6.45) is -3.02. The number of ether oxygens (including phenoxy) is 8. The molecular formula is C93H116O18. The Hall–Kier alpha value is -10.6. The zero-order valence-corrected chi connectivity index (χ0v) is 68.6. The van der Waals surface area contributed by atoms with E-state index < -0.39 is 106 Å². The van der Waals surface area contributed by atoms with Gasteiger partial charge in [0.15, 0.2) is 5.60 Å². The number of aliphatic hydroxyl groups is 2. The molecule has 0 spiro atoms. The van der Waals surface area contributed by atoms with E-state index in [0.717, 1.165) is 0 Å². The molecule has 0 aliphatic heterocycles. The minimum Gasteiger partial charge on any atom is -0.455 e. The molecule has 0 aromatic heterocycles. The van der Waals surface area contributed by atoms with Gasteiger partial charge in [0.2, 0.25) is 0 Å². The second-order valence-electron chi connectivity index (χ2n) is 32.0. The predicted octanol–water partition coefficient (Wildman–Crippen LogP) is 19.6. The number of hydrogen-bond acceptors (Lipinski definition) is 18. The molecule has 8 rings (SSSR count). The van der Waals surface area contributed by atoms with Crippen LogP contribution >= 0.6 is 0 Å². The first-order valence-corrected chi connectivity index (χ1v) is 37.3. The molecular weight excluding hydrogens is 1410 g/mol. The van der Waals surface area contributed by atoms with E-state index in [1.807, 2.05) is 132 Å². The molecule has 596 valence electrons. The molecule has 0 amide bonds. The molecule has 7 unspecified atom stereocenters. The lowest BCUT2D eigenvalue weighted by molar-refractivity contribution is -0.154. The molecule has 18 nitrogen and oxygen atoms in total. The van der Waals surface area contributed by atoms with E-state index in [0.29, 0.717) is 44.5 Å². The van der Waals surface area contributed by atoms with E-state index in [-0.39, 0.29) is 28.6 Å². The monoisotopic (exact) mass is 1520 g/mol. The fourth-order valence-corrected chi connectivity index (χ4v) is 11.6. The molecule has 8 aromatic rings. The fraction of sp³-hybridized carbons (Fsp3) is 0.398. The molecule has 2 N–H and O–H groups in total. The molecule has 0 saturated heterocycles. The van der Waals surface area contributed by atoms with Gasteiger partial charge >= 0.3 is 47.8 Å². The van der Waals surface area contributed by atoms with Gasteiger partial charge in [-0.3, -0.25) is 0 Å². The summed E-state index contributed by atoms with van der Waals surface area (Å²) in [6, 6.07) is 70.3. The maximum Gasteiger partial charge on any atom is 0.338 e. The summed E-state index contributed by atoms with van der Waals surface area (Å²) in [5.41, 5.74) is -1.86. The standard InChI is InChI=1S/C22H26O4.3C21H24O4.C8H18O2/c1-16(2)22(5,26-20(24)18-14-10-7-11-15-18)21(3,4)25-19(23)17-12-8-6-9-13-17;1-15(24-19(22)16-11-7-5-8-12-16)18(21(2,3)4)25-20(23)17-13-9-6-10-14-17;1-15(2)18(24-19(22)16-11-7-5-8-12-16)21(3,4)25-20(23)17-13-9-6-10-14-17;1-15(2)21(4,25-20(23)18-13-9-6-10-14-18)16(3)24-19(22)17-11-7-5-8-12-17;1-7(2,3)6(9)8(4,5)10/h6-16H,1-5H3;2*5-15,18H,1-4H3;5-16H,1-4H3;6,9-10H,1-5H3. The minimum atomic E-state index is -1.03. The molecule has 18 heteroatoms. The second-order valence-corrected chi connectivity index (χ2v) is 32.0. The summed E-state index contributed by atoms with van der Waals surface area (Å²) in [4.78, 5) is 99.4. The van der Waals surface area contributed by atoms with Crippen molar-refractivity contribution in [2.24, 2.45) is 28.6 Å². The highest BCUT2D eigenvalue weighted by Gasteiger charge is 2.51. The number of carbonyl (C=O) groups is 8. The van der Waals surface area contributed by atoms with E-state index >= 15 is 0 Å². The maximum absolute atomic E-state index is 12.6. The maximum atomic E-state index is 12.6. The van der Waals surface area contributed by atoms with Crippen LogP contribution in [0.25, 0.3) is 0 Å². The van der Waals surface area contributed by atoms with Gasteiger partial charge in [0, 0.05) is 5.41 Å². The average molecular weight is 1520 g/mol. The van der Waals surface area contributed by atoms with Crippen LogP contribution in [0.2, 0.25) is 0 Å². The SMILES string of the molecule is CC(C)(C)C(O)C(C)(C)O.CC(C)C(C)(OC(=O)c1ccccc1)C(C)(C)OC(=O)c1ccccc1.CC(C)C(C)(OC(=O)c1ccccc1)C(C)OC(=O)c1ccccc1.CC(C)C(OC(=O)c1ccccc1)C(C)(C)OC(=O)c1ccccc1.CC(OC(=O)c1ccccc1)C(OC(=O)c1ccccc1)C(C)(C)C. The molecule has 0 aliphatic rings. The normalized spacial score (nSPS) is 13.9. The second kappa shape index (κ2) is 42.0. The van der Waals surface area contributed by atoms with Gasteiger partial charge in [0.05, 0.1) is 56.2 Å². The lowest BCUT2D eigenvalue weighted by atomic mass is 9.78. The third kappa shape index (κ3) is 29.0. The Labute approximate surface area is 657 Å². The van der Waals surface area contributed by atoms with Crippen LogP contribution in [0.15, 0.2) is 243 Å². The zero-order valence-electron chi connectivity index (χ0n) is 68.6. The van der Waals surface area contributed by atoms with E-state index in [9.17, 15) is 48.6 Å². The van der Waals surface area contributed by atoms with Crippen LogP contribution in [0, 0.1) is 28.6 Å². The molecule has 111 heavy (non-hydrogen) atoms. The van der Waals surface area contributed by atoms with E-state index in [2.05, 4.69) is 0 Å². The Morgan fingerprint density at radius 2 is 0.541 bits per heavy atom. The Morgan fingerprint density at radius 1 is 0.288 bits per heavy atom. The summed E-state index contributed by atoms with van der Waals surface area (Å²) in [7, 11) is 0. The van der Waals surface area contributed by atoms with Crippen LogP contribution < -0.4 is 0 Å². The van der Waals surface area contributed by atoms with Crippen molar-refractivity contribution in [3.05, 3.63) is 287 Å². The van der Waals surface area contributed by atoms with Crippen LogP contribution in [0.1, 0.15) is 235 Å². The third-order valence-corrected chi connectivity index (χ3v) is 18.8. The van der Waals surface area contributed by atoms with Crippen LogP contribution in [-0.2, 0) is 37.9 Å². The van der Waals surface area contributed by atoms with Gasteiger partial charge < -0.3 is 48.1 Å². The highest BCUT2D eigenvalue weighted by Crippen LogP contribution is 2.38. The first kappa shape index (κ1) is 92.8. The lowest BCUT2D eigenvalue weighted by Gasteiger charge is -2.45. The minimum absolute atomic E-state index is 0.0220. The zero-order chi connectivity index (χ0) is 83.3. The van der Waals surface area contributed by atoms with Crippen molar-refractivity contribution in [2.75, 3.05) is 0 Å². The Balaban J connectivity index is 0.000000300. The summed E-state index contributed by atoms with van der Waals surface area (Å²) in [5.74, 6) is -3.62. The lowest BCUT2D eigenvalue weighted by Crippen LogP contribution is -2.56. The average Bonchev–Trinajstić information content (AvgIpc) is 0.774. The number of carbonyl (C=O) groups excluding carboxylic acids is 8. The highest BCUT2D eigenvalue weighted by atomic mass is 16.6. The first-order valence-electron chi connectivity index (χ1n) is 37.3. The van der Waals surface area contributed by atoms with Gasteiger partial charge in [-0.15, -0.1) is 0 Å². The van der Waals surface area contributed by atoms with Gasteiger partial charge in [-0.05, 0) is 189 Å². The molecule has 0 bridgehead atoms. The van der Waals surface area contributed by atoms with Crippen molar-refractivity contribution >= 4 is 47.8 Å². The Kier molecular flexibility index (Phi) is 35.1. The van der Waals surface area contributed by atoms with Crippen LogP contribution in [0.3, 0.4) is 0 Å². The van der Waals surface area contributed by atoms with E-state index in [1.54, 1.807) is 263 Å². The van der Waals surface area contributed by atoms with Crippen LogP contribution in [0.4, 0.5) is 0 Å². The van der Waals surface area contributed by atoms with Gasteiger partial charge in [0.1, 0.15) is 41.2 Å². The van der Waals surface area contributed by atoms with Crippen molar-refractivity contribution in [1.82, 2.24) is 0 Å². The molecule has 0 saturated carbocycles. The number of benzene rings is 8. The molecule has 7 atom stereocenters. The molecule has 0 aliphatic carbocycles. The van der Waals surface area contributed by atoms with Gasteiger partial charge in [-0.2, -0.15) is 0 Å². The molecule has 0 heterocycles. The first-order chi connectivity index (χ1) is 51.8. The third-order valence-electron chi connectivity index (χ3n) is 18.8. The van der Waals surface area contributed by atoms with Gasteiger partial charge in [0.25, 0.3) is 0 Å². The number of hydrogen-bond donors (Lipinski definition) is 2. The highest BCUT2D eigenvalue weighted by molar-refractivity contribution is 5.93. The quantitative estimate of drug-likeness (QED) is 0.0421. The fourth-order valence-electron chi connectivity index (χ4n) is 11.6. The topological polar surface area (TPSA) is 251 Å². The van der Waals surface area contributed by atoms with Crippen LogP contribution in [0.5, 0.6) is 0 Å². The van der Waals surface area contributed by atoms with Crippen molar-refractivity contribution in [1.29, 1.82) is 0 Å². The van der Waals surface area contributed by atoms with Crippen LogP contribution in [-0.4, -0.2) is 116 Å².